The smallest absolute Gasteiger partial charge is 0.116 e. The van der Waals surface area contributed by atoms with Gasteiger partial charge in [-0.05, 0) is 48.9 Å². The van der Waals surface area contributed by atoms with E-state index in [1.165, 1.54) is 7.05 Å². The molecule has 1 aromatic carbocycles. The van der Waals surface area contributed by atoms with Crippen molar-refractivity contribution in [3.05, 3.63) is 72.9 Å². The van der Waals surface area contributed by atoms with Crippen LogP contribution < -0.4 is 5.73 Å². The number of phenolic OH excluding ortho intramolecular Hbond substituents is 1. The molecule has 2 nitrogen and oxygen atoms in total. The second kappa shape index (κ2) is 12.0. The highest BCUT2D eigenvalue weighted by Gasteiger charge is 2.00. The lowest BCUT2D eigenvalue weighted by atomic mass is 10.0. The summed E-state index contributed by atoms with van der Waals surface area (Å²) >= 11 is 0. The molecule has 3 N–H and O–H groups in total. The molecule has 0 unspecified atom stereocenters. The average Bonchev–Trinajstić information content (AvgIpc) is 2.48. The van der Waals surface area contributed by atoms with Gasteiger partial charge in [0.2, 0.25) is 0 Å². The van der Waals surface area contributed by atoms with Crippen LogP contribution >= 0.6 is 0 Å². The fraction of sp³-hybridized carbons (Fsp3) is 0.222. The van der Waals surface area contributed by atoms with Crippen LogP contribution in [0.15, 0.2) is 67.3 Å². The maximum absolute atomic E-state index is 9.40. The molecule has 0 amide bonds. The predicted octanol–water partition coefficient (Wildman–Crippen LogP) is 4.70. The Balaban J connectivity index is 0. The van der Waals surface area contributed by atoms with Crippen molar-refractivity contribution >= 4 is 5.57 Å². The number of benzene rings is 1. The highest BCUT2D eigenvalue weighted by atomic mass is 16.3. The van der Waals surface area contributed by atoms with Crippen LogP contribution in [0.4, 0.5) is 0 Å². The standard InChI is InChI=1S/C15H16O.C2H6.CH5N/c1-5-13(9-12(4)11(2)3)14-7-6-8-15(16)10-14;2*1-2/h5-10,16H,1-2,4H2,3H3;1-2H3;2H2,1H3/b13-9+;;. The Hall–Kier alpha value is -2.06. The third kappa shape index (κ3) is 7.39. The van der Waals surface area contributed by atoms with E-state index < -0.39 is 0 Å². The minimum absolute atomic E-state index is 0.242. The predicted molar refractivity (Wildman–Crippen MR) is 91.7 cm³/mol. The summed E-state index contributed by atoms with van der Waals surface area (Å²) in [5.74, 6) is 0.242. The second-order valence-electron chi connectivity index (χ2n) is 3.66. The molecule has 1 aromatic rings. The topological polar surface area (TPSA) is 46.2 Å². The van der Waals surface area contributed by atoms with Crippen LogP contribution in [0.2, 0.25) is 0 Å². The van der Waals surface area contributed by atoms with Gasteiger partial charge in [-0.1, -0.05) is 57.4 Å². The Kier molecular flexibility index (Phi) is 12.2. The van der Waals surface area contributed by atoms with Crippen molar-refractivity contribution < 1.29 is 5.11 Å². The molecular weight excluding hydrogens is 246 g/mol. The zero-order valence-electron chi connectivity index (χ0n) is 13.1. The van der Waals surface area contributed by atoms with Crippen molar-refractivity contribution in [1.29, 1.82) is 0 Å². The molecule has 0 aliphatic carbocycles. The molecule has 0 saturated heterocycles. The van der Waals surface area contributed by atoms with Gasteiger partial charge in [-0.25, -0.2) is 0 Å². The molecule has 0 atom stereocenters. The second-order valence-corrected chi connectivity index (χ2v) is 3.66. The molecule has 0 heterocycles. The van der Waals surface area contributed by atoms with Crippen LogP contribution in [0.3, 0.4) is 0 Å². The van der Waals surface area contributed by atoms with Crippen LogP contribution in [0, 0.1) is 0 Å². The number of hydrogen-bond donors (Lipinski definition) is 2. The van der Waals surface area contributed by atoms with E-state index in [1.54, 1.807) is 24.3 Å². The van der Waals surface area contributed by atoms with Gasteiger partial charge in [0.25, 0.3) is 0 Å². The molecule has 0 aliphatic rings. The summed E-state index contributed by atoms with van der Waals surface area (Å²) in [7, 11) is 1.50. The first-order valence-electron chi connectivity index (χ1n) is 6.60. The van der Waals surface area contributed by atoms with Crippen molar-refractivity contribution in [1.82, 2.24) is 0 Å². The van der Waals surface area contributed by atoms with Gasteiger partial charge in [-0.2, -0.15) is 0 Å². The zero-order valence-corrected chi connectivity index (χ0v) is 13.1. The first-order valence-corrected chi connectivity index (χ1v) is 6.60. The van der Waals surface area contributed by atoms with Crippen LogP contribution in [0.5, 0.6) is 5.75 Å². The van der Waals surface area contributed by atoms with Crippen LogP contribution in [0.1, 0.15) is 26.3 Å². The number of aromatic hydroxyl groups is 1. The van der Waals surface area contributed by atoms with Crippen LogP contribution in [-0.4, -0.2) is 12.2 Å². The molecular formula is C18H27NO. The number of allylic oxidation sites excluding steroid dienone is 5. The molecule has 2 heteroatoms. The first-order chi connectivity index (χ1) is 9.54. The van der Waals surface area contributed by atoms with Crippen molar-refractivity contribution in [3.8, 4) is 5.75 Å². The Morgan fingerprint density at radius 2 is 1.75 bits per heavy atom. The Morgan fingerprint density at radius 1 is 1.20 bits per heavy atom. The number of nitrogens with two attached hydrogens (primary N) is 1. The summed E-state index contributed by atoms with van der Waals surface area (Å²) in [5, 5.41) is 9.40. The highest BCUT2D eigenvalue weighted by Crippen LogP contribution is 2.22. The van der Waals surface area contributed by atoms with E-state index in [-0.39, 0.29) is 5.75 Å². The molecule has 0 radical (unpaired) electrons. The fourth-order valence-corrected chi connectivity index (χ4v) is 1.26. The van der Waals surface area contributed by atoms with E-state index in [0.717, 1.165) is 22.3 Å². The normalized spacial score (nSPS) is 9.35. The highest BCUT2D eigenvalue weighted by molar-refractivity contribution is 5.77. The van der Waals surface area contributed by atoms with E-state index in [1.807, 2.05) is 32.9 Å². The summed E-state index contributed by atoms with van der Waals surface area (Å²) in [6, 6.07) is 7.04. The summed E-state index contributed by atoms with van der Waals surface area (Å²) in [4.78, 5) is 0. The van der Waals surface area contributed by atoms with Gasteiger partial charge >= 0.3 is 0 Å². The number of hydrogen-bond acceptors (Lipinski definition) is 2. The Bertz CT molecular complexity index is 470. The minimum atomic E-state index is 0.242. The molecule has 0 saturated carbocycles. The van der Waals surface area contributed by atoms with E-state index in [4.69, 9.17) is 0 Å². The lowest BCUT2D eigenvalue weighted by Gasteiger charge is -2.05. The van der Waals surface area contributed by atoms with E-state index in [0.29, 0.717) is 0 Å². The van der Waals surface area contributed by atoms with Gasteiger partial charge in [0.05, 0.1) is 0 Å². The molecule has 20 heavy (non-hydrogen) atoms. The van der Waals surface area contributed by atoms with Gasteiger partial charge in [0.1, 0.15) is 5.75 Å². The van der Waals surface area contributed by atoms with Crippen molar-refractivity contribution in [2.45, 2.75) is 20.8 Å². The third-order valence-electron chi connectivity index (χ3n) is 2.28. The van der Waals surface area contributed by atoms with E-state index in [2.05, 4.69) is 25.5 Å². The molecule has 0 bridgehead atoms. The lowest BCUT2D eigenvalue weighted by Crippen LogP contribution is -1.83. The van der Waals surface area contributed by atoms with Gasteiger partial charge in [-0.15, -0.1) is 0 Å². The molecule has 0 fully saturated rings. The summed E-state index contributed by atoms with van der Waals surface area (Å²) in [6.07, 6.45) is 3.65. The SMILES string of the molecule is C=C/C(=C\C(=C)C(=C)C)c1cccc(O)c1.CC.CN. The maximum atomic E-state index is 9.40. The van der Waals surface area contributed by atoms with Crippen LogP contribution in [-0.2, 0) is 0 Å². The summed E-state index contributed by atoms with van der Waals surface area (Å²) < 4.78 is 0. The molecule has 0 spiro atoms. The van der Waals surface area contributed by atoms with Gasteiger partial charge in [-0.3, -0.25) is 0 Å². The largest absolute Gasteiger partial charge is 0.508 e. The molecule has 1 rings (SSSR count). The molecule has 110 valence electrons. The molecule has 0 aromatic heterocycles. The summed E-state index contributed by atoms with van der Waals surface area (Å²) in [6.45, 7) is 17.4. The van der Waals surface area contributed by atoms with Crippen molar-refractivity contribution in [2.75, 3.05) is 7.05 Å². The monoisotopic (exact) mass is 273 g/mol. The fourth-order valence-electron chi connectivity index (χ4n) is 1.26. The van der Waals surface area contributed by atoms with Gasteiger partial charge in [0.15, 0.2) is 0 Å². The quantitative estimate of drug-likeness (QED) is 0.781. The Morgan fingerprint density at radius 3 is 2.15 bits per heavy atom. The zero-order chi connectivity index (χ0) is 16.1. The number of phenols is 1. The minimum Gasteiger partial charge on any atom is -0.508 e. The van der Waals surface area contributed by atoms with Crippen LogP contribution in [0.25, 0.3) is 5.57 Å². The van der Waals surface area contributed by atoms with Crippen molar-refractivity contribution in [3.63, 3.8) is 0 Å². The first kappa shape index (κ1) is 20.3. The average molecular weight is 273 g/mol. The van der Waals surface area contributed by atoms with Gasteiger partial charge < -0.3 is 10.8 Å². The van der Waals surface area contributed by atoms with E-state index in [9.17, 15) is 5.11 Å². The lowest BCUT2D eigenvalue weighted by molar-refractivity contribution is 0.475. The summed E-state index contributed by atoms with van der Waals surface area (Å²) in [5.41, 5.74) is 8.11. The van der Waals surface area contributed by atoms with Crippen molar-refractivity contribution in [2.24, 2.45) is 5.73 Å². The number of rotatable bonds is 4. The molecule has 0 aliphatic heterocycles. The Labute approximate surface area is 123 Å². The van der Waals surface area contributed by atoms with E-state index >= 15 is 0 Å². The maximum Gasteiger partial charge on any atom is 0.116 e. The third-order valence-corrected chi connectivity index (χ3v) is 2.28. The van der Waals surface area contributed by atoms with Gasteiger partial charge in [0, 0.05) is 0 Å².